The molecule has 1 aliphatic rings. The lowest BCUT2D eigenvalue weighted by molar-refractivity contribution is 0.0696. The molecule has 0 spiro atoms. The van der Waals surface area contributed by atoms with Crippen LogP contribution in [0.3, 0.4) is 0 Å². The van der Waals surface area contributed by atoms with Crippen molar-refractivity contribution in [3.63, 3.8) is 0 Å². The maximum absolute atomic E-state index is 14.2. The molecule has 3 aromatic carbocycles. The number of fused-ring (bicyclic) bond motifs is 1. The first-order valence-corrected chi connectivity index (χ1v) is 11.3. The van der Waals surface area contributed by atoms with E-state index in [1.807, 2.05) is 30.3 Å². The number of sulfone groups is 1. The molecule has 31 heavy (non-hydrogen) atoms. The lowest BCUT2D eigenvalue weighted by atomic mass is 9.85. The number of aromatic carboxylic acids is 1. The third-order valence-electron chi connectivity index (χ3n) is 5.59. The molecule has 0 aromatic heterocycles. The molecule has 4 rings (SSSR count). The van der Waals surface area contributed by atoms with Crippen LogP contribution in [-0.2, 0) is 21.0 Å². The Balaban J connectivity index is 2.05. The van der Waals surface area contributed by atoms with E-state index in [1.54, 1.807) is 30.3 Å². The van der Waals surface area contributed by atoms with Crippen molar-refractivity contribution in [3.05, 3.63) is 108 Å². The van der Waals surface area contributed by atoms with Crippen molar-refractivity contribution in [2.24, 2.45) is 0 Å². The molecular formula is C25H22O5S. The minimum absolute atomic E-state index is 0.00978. The van der Waals surface area contributed by atoms with Gasteiger partial charge < -0.3 is 9.84 Å². The number of carboxylic acids is 1. The number of rotatable bonds is 5. The Morgan fingerprint density at radius 2 is 1.65 bits per heavy atom. The molecule has 1 aliphatic heterocycles. The fourth-order valence-electron chi connectivity index (χ4n) is 4.12. The molecule has 158 valence electrons. The van der Waals surface area contributed by atoms with Gasteiger partial charge in [0, 0.05) is 5.56 Å². The molecule has 0 aliphatic carbocycles. The normalized spacial score (nSPS) is 18.5. The molecule has 5 nitrogen and oxygen atoms in total. The third kappa shape index (κ3) is 3.75. The Bertz CT molecular complexity index is 1230. The van der Waals surface area contributed by atoms with Crippen molar-refractivity contribution < 1.29 is 23.1 Å². The first-order chi connectivity index (χ1) is 14.8. The summed E-state index contributed by atoms with van der Waals surface area (Å²) >= 11 is 0. The highest BCUT2D eigenvalue weighted by Crippen LogP contribution is 2.48. The number of carbonyl (C=O) groups is 1. The van der Waals surface area contributed by atoms with Crippen molar-refractivity contribution in [3.8, 4) is 5.75 Å². The molecule has 0 bridgehead atoms. The molecule has 0 radical (unpaired) electrons. The molecule has 0 saturated carbocycles. The van der Waals surface area contributed by atoms with E-state index in [-0.39, 0.29) is 29.9 Å². The number of ether oxygens (including phenoxy) is 1. The highest BCUT2D eigenvalue weighted by atomic mass is 32.2. The summed E-state index contributed by atoms with van der Waals surface area (Å²) in [4.78, 5) is 11.9. The van der Waals surface area contributed by atoms with E-state index < -0.39 is 20.6 Å². The Hall–Kier alpha value is -3.38. The fraction of sp³-hybridized carbons (Fsp3) is 0.160. The van der Waals surface area contributed by atoms with Gasteiger partial charge in [0.1, 0.15) is 17.1 Å². The zero-order valence-corrected chi connectivity index (χ0v) is 17.6. The van der Waals surface area contributed by atoms with Gasteiger partial charge >= 0.3 is 5.97 Å². The molecule has 0 amide bonds. The average Bonchev–Trinajstić information content (AvgIpc) is 2.92. The van der Waals surface area contributed by atoms with Crippen LogP contribution < -0.4 is 4.74 Å². The predicted molar refractivity (Wildman–Crippen MR) is 118 cm³/mol. The van der Waals surface area contributed by atoms with Crippen LogP contribution in [0.2, 0.25) is 0 Å². The number of hydrogen-bond acceptors (Lipinski definition) is 4. The second kappa shape index (κ2) is 8.04. The van der Waals surface area contributed by atoms with Crippen molar-refractivity contribution >= 4 is 15.8 Å². The van der Waals surface area contributed by atoms with E-state index >= 15 is 0 Å². The van der Waals surface area contributed by atoms with Crippen molar-refractivity contribution in [2.75, 3.05) is 6.61 Å². The number of benzene rings is 3. The first-order valence-electron chi connectivity index (χ1n) is 9.84. The van der Waals surface area contributed by atoms with Crippen LogP contribution in [0.25, 0.3) is 0 Å². The van der Waals surface area contributed by atoms with Crippen molar-refractivity contribution in [1.29, 1.82) is 0 Å². The molecule has 3 aromatic rings. The second-order valence-electron chi connectivity index (χ2n) is 7.70. The van der Waals surface area contributed by atoms with Gasteiger partial charge in [-0.3, -0.25) is 0 Å². The molecule has 1 N–H and O–H groups in total. The van der Waals surface area contributed by atoms with Crippen LogP contribution in [-0.4, -0.2) is 26.1 Å². The monoisotopic (exact) mass is 434 g/mol. The van der Waals surface area contributed by atoms with Gasteiger partial charge in [0.2, 0.25) is 0 Å². The molecule has 0 saturated heterocycles. The predicted octanol–water partition coefficient (Wildman–Crippen LogP) is 4.64. The summed E-state index contributed by atoms with van der Waals surface area (Å²) in [6, 6.07) is 22.0. The van der Waals surface area contributed by atoms with Gasteiger partial charge in [0.15, 0.2) is 9.84 Å². The zero-order chi connectivity index (χ0) is 22.1. The van der Waals surface area contributed by atoms with Crippen LogP contribution in [0.5, 0.6) is 5.75 Å². The smallest absolute Gasteiger partial charge is 0.335 e. The molecule has 6 heteroatoms. The minimum atomic E-state index is -3.97. The summed E-state index contributed by atoms with van der Waals surface area (Å²) in [7, 11) is -3.97. The summed E-state index contributed by atoms with van der Waals surface area (Å²) in [5.41, 5.74) is 1.81. The van der Waals surface area contributed by atoms with E-state index in [0.717, 1.165) is 5.56 Å². The van der Waals surface area contributed by atoms with E-state index in [9.17, 15) is 18.3 Å². The molecule has 1 unspecified atom stereocenters. The van der Waals surface area contributed by atoms with Gasteiger partial charge in [0.05, 0.1) is 10.5 Å². The van der Waals surface area contributed by atoms with E-state index in [0.29, 0.717) is 16.9 Å². The zero-order valence-electron chi connectivity index (χ0n) is 16.8. The summed E-state index contributed by atoms with van der Waals surface area (Å²) in [5.74, 6) is -0.768. The maximum atomic E-state index is 14.2. The number of carboxylic acid groups (broad SMARTS) is 1. The van der Waals surface area contributed by atoms with Gasteiger partial charge in [0.25, 0.3) is 0 Å². The Kier molecular flexibility index (Phi) is 5.41. The molecular weight excluding hydrogens is 412 g/mol. The second-order valence-corrected chi connectivity index (χ2v) is 9.96. The summed E-state index contributed by atoms with van der Waals surface area (Å²) in [6.07, 6.45) is 0.277. The fourth-order valence-corrected chi connectivity index (χ4v) is 6.28. The molecule has 1 atom stereocenters. The molecule has 1 heterocycles. The van der Waals surface area contributed by atoms with E-state index in [4.69, 9.17) is 4.74 Å². The lowest BCUT2D eigenvalue weighted by Crippen LogP contribution is -2.38. The summed E-state index contributed by atoms with van der Waals surface area (Å²) in [5, 5.41) is 9.58. The quantitative estimate of drug-likeness (QED) is 0.592. The van der Waals surface area contributed by atoms with E-state index in [1.165, 1.54) is 18.2 Å². The van der Waals surface area contributed by atoms with Crippen LogP contribution in [0, 0.1) is 0 Å². The van der Waals surface area contributed by atoms with Gasteiger partial charge in [-0.25, -0.2) is 13.2 Å². The molecule has 0 fully saturated rings. The standard InChI is InChI=1S/C25H22O5S/c1-18-15-25(16-19-8-4-2-5-9-19,31(28,29)21-10-6-3-7-11-21)22-14-20(24(26)27)12-13-23(22)30-17-18/h2-14H,1,15-17H2,(H,26,27). The van der Waals surface area contributed by atoms with Crippen LogP contribution in [0.4, 0.5) is 0 Å². The SMILES string of the molecule is C=C1COc2ccc(C(=O)O)cc2C(Cc2ccccc2)(S(=O)(=O)c2ccccc2)C1. The number of hydrogen-bond donors (Lipinski definition) is 1. The highest BCUT2D eigenvalue weighted by molar-refractivity contribution is 7.92. The first kappa shape index (κ1) is 20.9. The Morgan fingerprint density at radius 1 is 1.00 bits per heavy atom. The van der Waals surface area contributed by atoms with Gasteiger partial charge in [-0.1, -0.05) is 55.1 Å². The maximum Gasteiger partial charge on any atom is 0.335 e. The van der Waals surface area contributed by atoms with Gasteiger partial charge in [-0.05, 0) is 54.3 Å². The van der Waals surface area contributed by atoms with Crippen LogP contribution >= 0.6 is 0 Å². The van der Waals surface area contributed by atoms with Crippen molar-refractivity contribution in [1.82, 2.24) is 0 Å². The topological polar surface area (TPSA) is 80.7 Å². The largest absolute Gasteiger partial charge is 0.489 e. The highest BCUT2D eigenvalue weighted by Gasteiger charge is 2.49. The van der Waals surface area contributed by atoms with Gasteiger partial charge in [-0.2, -0.15) is 0 Å². The Labute approximate surface area is 181 Å². The van der Waals surface area contributed by atoms with Gasteiger partial charge in [-0.15, -0.1) is 0 Å². The third-order valence-corrected chi connectivity index (χ3v) is 8.02. The van der Waals surface area contributed by atoms with Crippen LogP contribution in [0.15, 0.2) is 95.9 Å². The summed E-state index contributed by atoms with van der Waals surface area (Å²) in [6.45, 7) is 4.22. The Morgan fingerprint density at radius 3 is 2.29 bits per heavy atom. The minimum Gasteiger partial charge on any atom is -0.489 e. The average molecular weight is 435 g/mol. The van der Waals surface area contributed by atoms with E-state index in [2.05, 4.69) is 6.58 Å². The van der Waals surface area contributed by atoms with Crippen LogP contribution in [0.1, 0.15) is 27.9 Å². The van der Waals surface area contributed by atoms with Crippen molar-refractivity contribution in [2.45, 2.75) is 22.5 Å². The summed E-state index contributed by atoms with van der Waals surface area (Å²) < 4.78 is 32.8. The lowest BCUT2D eigenvalue weighted by Gasteiger charge is -2.34.